The number of nitrogens with one attached hydrogen (secondary N) is 1. The number of nitrogens with two attached hydrogens (primary N) is 3. The molecule has 18 nitrogen and oxygen atoms in total. The fourth-order valence-corrected chi connectivity index (χ4v) is 18.8. The van der Waals surface area contributed by atoms with Crippen LogP contribution in [-0.4, -0.2) is 188 Å². The highest BCUT2D eigenvalue weighted by atomic mass is 32.2. The number of likely N-dealkylation sites (N-methyl/N-ethyl adjacent to an activating group) is 1. The lowest BCUT2D eigenvalue weighted by Crippen LogP contribution is -2.57. The molecule has 0 aromatic heterocycles. The van der Waals surface area contributed by atoms with Crippen LogP contribution in [0, 0.1) is 70.1 Å². The fourth-order valence-electron chi connectivity index (χ4n) is 15.7. The number of nitrogens with zero attached hydrogens (tertiary/aromatic N) is 5. The molecule has 3 unspecified atom stereocenters. The molecular formula is C65H88F9N9O9S2. The number of carbonyl (C=O) groups excluding carboxylic acids is 3. The maximum atomic E-state index is 14.0. The van der Waals surface area contributed by atoms with Gasteiger partial charge in [0.2, 0.25) is 37.8 Å². The summed E-state index contributed by atoms with van der Waals surface area (Å²) in [6.45, 7) is 3.52. The van der Waals surface area contributed by atoms with E-state index < -0.39 is 108 Å². The van der Waals surface area contributed by atoms with Crippen LogP contribution in [0.1, 0.15) is 132 Å². The Hall–Kier alpha value is -4.98. The van der Waals surface area contributed by atoms with E-state index >= 15 is 0 Å². The van der Waals surface area contributed by atoms with Crippen LogP contribution in [0.15, 0.2) is 36.4 Å². The Morgan fingerprint density at radius 2 is 0.883 bits per heavy atom. The zero-order chi connectivity index (χ0) is 67.7. The molecule has 29 heteroatoms. The summed E-state index contributed by atoms with van der Waals surface area (Å²) in [6, 6.07) is 1.69. The van der Waals surface area contributed by atoms with Gasteiger partial charge in [-0.1, -0.05) is 0 Å². The van der Waals surface area contributed by atoms with Gasteiger partial charge in [0.25, 0.3) is 0 Å². The highest BCUT2D eigenvalue weighted by Gasteiger charge is 2.50. The van der Waals surface area contributed by atoms with Crippen molar-refractivity contribution in [3.8, 4) is 0 Å². The second kappa shape index (κ2) is 30.4. The molecule has 94 heavy (non-hydrogen) atoms. The average molecular weight is 1370 g/mol. The second-order valence-electron chi connectivity index (χ2n) is 27.5. The molecule has 7 heterocycles. The van der Waals surface area contributed by atoms with E-state index in [-0.39, 0.29) is 120 Å². The Kier molecular flexibility index (Phi) is 23.2. The van der Waals surface area contributed by atoms with Gasteiger partial charge in [-0.05, 0) is 188 Å². The van der Waals surface area contributed by atoms with E-state index in [1.807, 2.05) is 0 Å². The zero-order valence-electron chi connectivity index (χ0n) is 52.8. The Morgan fingerprint density at radius 1 is 0.532 bits per heavy atom. The highest BCUT2D eigenvalue weighted by molar-refractivity contribution is 7.90. The predicted octanol–water partition coefficient (Wildman–Crippen LogP) is 6.21. The smallest absolute Gasteiger partial charge is 0.243 e. The second-order valence-corrected chi connectivity index (χ2v) is 31.8. The number of piperidine rings is 3. The van der Waals surface area contributed by atoms with Crippen LogP contribution in [0.3, 0.4) is 0 Å². The number of rotatable bonds is 22. The van der Waals surface area contributed by atoms with E-state index in [4.69, 9.17) is 21.9 Å². The molecule has 2 saturated carbocycles. The molecule has 0 spiro atoms. The first-order valence-corrected chi connectivity index (χ1v) is 36.1. The van der Waals surface area contributed by atoms with Gasteiger partial charge < -0.3 is 41.7 Å². The summed E-state index contributed by atoms with van der Waals surface area (Å²) in [4.78, 5) is 46.8. The molecule has 3 amide bonds. The van der Waals surface area contributed by atoms with Crippen LogP contribution >= 0.6 is 0 Å². The SMILES string of the molecule is CN(CC(=O)N1[C@@H]2CC[C@H]1CC([C@H](N)Cc1cc(F)c(F)cc1F)C2)S(=O)(=O)C1CC1.N[C@H](Cc1cc(F)c(F)cc1F)C1C[C@H]2CC[C@@H](C1)N2C(=O)CCCN1CCOCC1.N[C@H](Cc1cc(F)c(F)cc1F)C1C[C@H]2CC[C@@H](C1)N2C(=O)[C@H](CO)NS(=O)(=O)C1CC1. The van der Waals surface area contributed by atoms with Gasteiger partial charge in [-0.2, -0.15) is 4.31 Å². The van der Waals surface area contributed by atoms with E-state index in [9.17, 15) is 75.8 Å². The monoisotopic (exact) mass is 1370 g/mol. The molecule has 13 atom stereocenters. The van der Waals surface area contributed by atoms with E-state index in [0.717, 1.165) is 113 Å². The number of benzene rings is 3. The normalized spacial score (nSPS) is 27.3. The van der Waals surface area contributed by atoms with Crippen molar-refractivity contribution in [2.45, 2.75) is 206 Å². The number of ether oxygens (including phenoxy) is 1. The summed E-state index contributed by atoms with van der Waals surface area (Å²) in [5.74, 6) is -9.68. The van der Waals surface area contributed by atoms with Crippen LogP contribution in [-0.2, 0) is 58.4 Å². The van der Waals surface area contributed by atoms with Crippen molar-refractivity contribution >= 4 is 37.8 Å². The van der Waals surface area contributed by atoms with Crippen molar-refractivity contribution in [1.82, 2.24) is 28.6 Å². The van der Waals surface area contributed by atoms with Crippen molar-refractivity contribution in [2.75, 3.05) is 53.0 Å². The molecule has 6 bridgehead atoms. The summed E-state index contributed by atoms with van der Waals surface area (Å²) < 4.78 is 180. The van der Waals surface area contributed by atoms with E-state index in [1.54, 1.807) is 9.80 Å². The van der Waals surface area contributed by atoms with Gasteiger partial charge in [-0.15, -0.1) is 0 Å². The lowest BCUT2D eigenvalue weighted by Gasteiger charge is -2.42. The van der Waals surface area contributed by atoms with Gasteiger partial charge in [0.15, 0.2) is 34.9 Å². The van der Waals surface area contributed by atoms with Crippen LogP contribution in [0.5, 0.6) is 0 Å². The first-order chi connectivity index (χ1) is 44.6. The molecule has 2 aliphatic carbocycles. The molecule has 12 rings (SSSR count). The molecule has 7 saturated heterocycles. The van der Waals surface area contributed by atoms with Crippen molar-refractivity contribution in [3.63, 3.8) is 0 Å². The molecule has 8 N–H and O–H groups in total. The molecular weight excluding hydrogens is 1290 g/mol. The van der Waals surface area contributed by atoms with E-state index in [1.165, 1.54) is 7.05 Å². The maximum absolute atomic E-state index is 14.0. The Balaban J connectivity index is 0.000000154. The van der Waals surface area contributed by atoms with E-state index in [2.05, 4.69) is 14.5 Å². The minimum atomic E-state index is -3.64. The third-order valence-corrected chi connectivity index (χ3v) is 25.3. The largest absolute Gasteiger partial charge is 0.394 e. The quantitative estimate of drug-likeness (QED) is 0.0555. The van der Waals surface area contributed by atoms with Gasteiger partial charge in [0.05, 0.1) is 36.9 Å². The number of aliphatic hydroxyl groups is 1. The Labute approximate surface area is 543 Å². The van der Waals surface area contributed by atoms with Crippen molar-refractivity contribution in [3.05, 3.63) is 105 Å². The minimum Gasteiger partial charge on any atom is -0.394 e. The number of hydrogen-bond acceptors (Lipinski definition) is 13. The number of hydrogen-bond donors (Lipinski definition) is 5. The molecule has 9 aliphatic rings. The number of fused-ring (bicyclic) bond motifs is 6. The standard InChI is InChI=1S/C23H32F3N3O2.C21H28F3N3O4S.C21H28F3N3O3S/c24-19-14-21(26)20(25)12-15(19)13-22(27)16-10-17-3-4-18(11-16)29(17)23(30)2-1-5-28-6-8-31-9-7-28;22-16-9-18(24)17(23)7-11(16)8-19(25)12-5-13-1-2-14(6-12)27(13)21(29)20(10-28)26-32(30,31)15-3-4-15;1-26(31(29,30)16-4-5-16)11-21(28)27-14-2-3-15(27)7-13(6-14)20(25)9-12-8-18(23)19(24)10-17(12)22/h12,14,16-18,22H,1-11,13,27H2;7,9,12-15,19-20,26,28H,1-6,8,10,25H2;8,10,13-16,20H,2-7,9,11,25H2,1H3/t16?,17-,18+,22-;12?,13-,14+,19-,20+;13?,14-,15+,20-/m111/s1. The number of carbonyl (C=O) groups is 3. The van der Waals surface area contributed by atoms with E-state index in [0.29, 0.717) is 76.0 Å². The first-order valence-electron chi connectivity index (χ1n) is 33.1. The topological polar surface area (TPSA) is 255 Å². The zero-order valence-corrected chi connectivity index (χ0v) is 54.5. The van der Waals surface area contributed by atoms with Crippen LogP contribution in [0.4, 0.5) is 39.5 Å². The van der Waals surface area contributed by atoms with Crippen molar-refractivity contribution in [1.29, 1.82) is 0 Å². The van der Waals surface area contributed by atoms with Crippen molar-refractivity contribution < 1.29 is 80.6 Å². The molecule has 522 valence electrons. The Morgan fingerprint density at radius 3 is 1.24 bits per heavy atom. The van der Waals surface area contributed by atoms with Gasteiger partial charge in [-0.3, -0.25) is 19.3 Å². The molecule has 7 aliphatic heterocycles. The lowest BCUT2D eigenvalue weighted by molar-refractivity contribution is -0.139. The predicted molar refractivity (Wildman–Crippen MR) is 330 cm³/mol. The highest BCUT2D eigenvalue weighted by Crippen LogP contribution is 2.44. The summed E-state index contributed by atoms with van der Waals surface area (Å²) in [6.07, 6.45) is 13.1. The molecule has 9 fully saturated rings. The van der Waals surface area contributed by atoms with Crippen LogP contribution in [0.25, 0.3) is 0 Å². The summed E-state index contributed by atoms with van der Waals surface area (Å²) in [5, 5.41) is 8.81. The van der Waals surface area contributed by atoms with Gasteiger partial charge in [-0.25, -0.2) is 61.1 Å². The number of halogens is 9. The summed E-state index contributed by atoms with van der Waals surface area (Å²) >= 11 is 0. The molecule has 3 aromatic carbocycles. The molecule has 0 radical (unpaired) electrons. The number of amides is 3. The fraction of sp³-hybridized carbons (Fsp3) is 0.677. The van der Waals surface area contributed by atoms with Gasteiger partial charge in [0, 0.05) is 99.1 Å². The van der Waals surface area contributed by atoms with Crippen molar-refractivity contribution in [2.24, 2.45) is 35.0 Å². The lowest BCUT2D eigenvalue weighted by atomic mass is 9.82. The maximum Gasteiger partial charge on any atom is 0.243 e. The number of aliphatic hydroxyl groups excluding tert-OH is 1. The van der Waals surface area contributed by atoms with Gasteiger partial charge in [0.1, 0.15) is 23.5 Å². The summed E-state index contributed by atoms with van der Waals surface area (Å²) in [5.41, 5.74) is 19.2. The first kappa shape index (κ1) is 71.8. The van der Waals surface area contributed by atoms with Crippen LogP contribution < -0.4 is 21.9 Å². The minimum absolute atomic E-state index is 0.0112. The molecule has 3 aromatic rings. The third-order valence-electron chi connectivity index (χ3n) is 21.0. The number of morpholine rings is 1. The average Bonchev–Trinajstić information content (AvgIpc) is 1.70. The Bertz CT molecular complexity index is 3410. The van der Waals surface area contributed by atoms with Crippen LogP contribution in [0.2, 0.25) is 0 Å². The number of sulfonamides is 2. The summed E-state index contributed by atoms with van der Waals surface area (Å²) in [7, 11) is -5.60. The van der Waals surface area contributed by atoms with Gasteiger partial charge >= 0.3 is 0 Å². The third kappa shape index (κ3) is 16.9.